The second-order valence-electron chi connectivity index (χ2n) is 8.09. The van der Waals surface area contributed by atoms with Crippen molar-refractivity contribution in [2.75, 3.05) is 49.1 Å². The Morgan fingerprint density at radius 2 is 1.45 bits per heavy atom. The largest absolute Gasteiger partial charge is 0.355 e. The highest BCUT2D eigenvalue weighted by Crippen LogP contribution is 2.22. The van der Waals surface area contributed by atoms with E-state index in [0.717, 1.165) is 49.3 Å². The molecule has 4 rings (SSSR count). The molecule has 2 aromatic rings. The first-order valence-electron chi connectivity index (χ1n) is 10.4. The van der Waals surface area contributed by atoms with Crippen LogP contribution in [0.3, 0.4) is 0 Å². The summed E-state index contributed by atoms with van der Waals surface area (Å²) in [6.45, 7) is 7.19. The van der Waals surface area contributed by atoms with E-state index < -0.39 is 0 Å². The average molecular weight is 397 g/mol. The number of benzene rings is 1. The maximum Gasteiger partial charge on any atom is 0.227 e. The van der Waals surface area contributed by atoms with Crippen LogP contribution >= 0.6 is 0 Å². The lowest BCUT2D eigenvalue weighted by atomic mass is 9.99. The summed E-state index contributed by atoms with van der Waals surface area (Å²) in [7, 11) is 0. The molecule has 2 aliphatic rings. The summed E-state index contributed by atoms with van der Waals surface area (Å²) < 4.78 is 13.0. The molecule has 0 bridgehead atoms. The second-order valence-corrected chi connectivity index (χ2v) is 8.09. The first-order valence-corrected chi connectivity index (χ1v) is 10.4. The summed E-state index contributed by atoms with van der Waals surface area (Å²) in [5, 5.41) is 8.88. The van der Waals surface area contributed by atoms with E-state index in [1.54, 1.807) is 12.1 Å². The van der Waals surface area contributed by atoms with Gasteiger partial charge >= 0.3 is 0 Å². The van der Waals surface area contributed by atoms with Crippen LogP contribution in [-0.2, 0) is 11.2 Å². The number of amides is 1. The van der Waals surface area contributed by atoms with Crippen LogP contribution in [-0.4, -0.2) is 60.3 Å². The molecule has 1 amide bonds. The Bertz CT molecular complexity index is 810. The van der Waals surface area contributed by atoms with Gasteiger partial charge in [0.1, 0.15) is 5.82 Å². The lowest BCUT2D eigenvalue weighted by Crippen LogP contribution is -2.49. The van der Waals surface area contributed by atoms with Crippen LogP contribution in [0.5, 0.6) is 0 Å². The SMILES string of the molecule is CC1CCN(c2ccc(N3CCN(C(=O)Cc4ccc(F)cc4)CC3)nn2)CC1. The third-order valence-corrected chi connectivity index (χ3v) is 5.97. The minimum absolute atomic E-state index is 0.0806. The zero-order chi connectivity index (χ0) is 20.2. The fraction of sp³-hybridized carbons (Fsp3) is 0.500. The predicted molar refractivity (Wildman–Crippen MR) is 112 cm³/mol. The molecular formula is C22H28FN5O. The standard InChI is InChI=1S/C22H28FN5O/c1-17-8-10-26(11-9-17)20-6-7-21(25-24-20)27-12-14-28(15-13-27)22(29)16-18-2-4-19(23)5-3-18/h2-7,17H,8-16H2,1H3. The molecule has 0 saturated carbocycles. The quantitative estimate of drug-likeness (QED) is 0.794. The summed E-state index contributed by atoms with van der Waals surface area (Å²) in [6, 6.07) is 10.2. The first kappa shape index (κ1) is 19.6. The minimum Gasteiger partial charge on any atom is -0.355 e. The van der Waals surface area contributed by atoms with Crippen molar-refractivity contribution < 1.29 is 9.18 Å². The van der Waals surface area contributed by atoms with E-state index in [4.69, 9.17) is 0 Å². The van der Waals surface area contributed by atoms with Gasteiger partial charge in [0, 0.05) is 39.3 Å². The van der Waals surface area contributed by atoms with Crippen molar-refractivity contribution in [1.29, 1.82) is 0 Å². The van der Waals surface area contributed by atoms with Gasteiger partial charge in [-0.25, -0.2) is 4.39 Å². The van der Waals surface area contributed by atoms with Gasteiger partial charge < -0.3 is 14.7 Å². The number of anilines is 2. The molecule has 0 atom stereocenters. The van der Waals surface area contributed by atoms with Gasteiger partial charge in [-0.2, -0.15) is 0 Å². The summed E-state index contributed by atoms with van der Waals surface area (Å²) in [5.74, 6) is 2.41. The smallest absolute Gasteiger partial charge is 0.227 e. The third-order valence-electron chi connectivity index (χ3n) is 5.97. The number of carbonyl (C=O) groups is 1. The van der Waals surface area contributed by atoms with Crippen molar-refractivity contribution in [3.8, 4) is 0 Å². The topological polar surface area (TPSA) is 52.6 Å². The molecule has 3 heterocycles. The highest BCUT2D eigenvalue weighted by atomic mass is 19.1. The first-order chi connectivity index (χ1) is 14.1. The van der Waals surface area contributed by atoms with Crippen LogP contribution in [0.4, 0.5) is 16.0 Å². The van der Waals surface area contributed by atoms with E-state index in [1.807, 2.05) is 11.0 Å². The van der Waals surface area contributed by atoms with E-state index >= 15 is 0 Å². The van der Waals surface area contributed by atoms with Crippen molar-refractivity contribution in [2.24, 2.45) is 5.92 Å². The zero-order valence-corrected chi connectivity index (χ0v) is 16.9. The Morgan fingerprint density at radius 3 is 2.00 bits per heavy atom. The van der Waals surface area contributed by atoms with Gasteiger partial charge in [0.05, 0.1) is 6.42 Å². The third kappa shape index (κ3) is 4.83. The number of hydrogen-bond donors (Lipinski definition) is 0. The molecule has 0 N–H and O–H groups in total. The number of piperazine rings is 1. The number of hydrogen-bond acceptors (Lipinski definition) is 5. The molecule has 0 aliphatic carbocycles. The van der Waals surface area contributed by atoms with Crippen LogP contribution in [0.2, 0.25) is 0 Å². The van der Waals surface area contributed by atoms with E-state index in [9.17, 15) is 9.18 Å². The number of rotatable bonds is 4. The molecule has 0 unspecified atom stereocenters. The van der Waals surface area contributed by atoms with E-state index in [0.29, 0.717) is 19.5 Å². The van der Waals surface area contributed by atoms with E-state index in [2.05, 4.69) is 33.0 Å². The zero-order valence-electron chi connectivity index (χ0n) is 16.9. The van der Waals surface area contributed by atoms with Gasteiger partial charge in [-0.1, -0.05) is 19.1 Å². The van der Waals surface area contributed by atoms with Crippen molar-refractivity contribution >= 4 is 17.5 Å². The Labute approximate surface area is 171 Å². The van der Waals surface area contributed by atoms with Gasteiger partial charge in [-0.3, -0.25) is 4.79 Å². The maximum atomic E-state index is 13.0. The fourth-order valence-corrected chi connectivity index (χ4v) is 3.97. The van der Waals surface area contributed by atoms with Gasteiger partial charge in [0.25, 0.3) is 0 Å². The Balaban J connectivity index is 1.29. The van der Waals surface area contributed by atoms with Crippen LogP contribution in [0, 0.1) is 11.7 Å². The molecule has 154 valence electrons. The molecule has 6 nitrogen and oxygen atoms in total. The molecule has 7 heteroatoms. The summed E-state index contributed by atoms with van der Waals surface area (Å²) >= 11 is 0. The highest BCUT2D eigenvalue weighted by molar-refractivity contribution is 5.79. The second kappa shape index (κ2) is 8.76. The van der Waals surface area contributed by atoms with Crippen molar-refractivity contribution in [3.05, 3.63) is 47.8 Å². The van der Waals surface area contributed by atoms with Crippen molar-refractivity contribution in [3.63, 3.8) is 0 Å². The van der Waals surface area contributed by atoms with E-state index in [1.165, 1.54) is 25.0 Å². The molecule has 2 fully saturated rings. The highest BCUT2D eigenvalue weighted by Gasteiger charge is 2.23. The van der Waals surface area contributed by atoms with Gasteiger partial charge in [0.15, 0.2) is 11.6 Å². The van der Waals surface area contributed by atoms with Crippen molar-refractivity contribution in [2.45, 2.75) is 26.2 Å². The summed E-state index contributed by atoms with van der Waals surface area (Å²) in [4.78, 5) is 18.9. The molecule has 0 spiro atoms. The van der Waals surface area contributed by atoms with Gasteiger partial charge in [0.2, 0.25) is 5.91 Å². The molecule has 2 aliphatic heterocycles. The normalized spacial score (nSPS) is 18.2. The summed E-state index contributed by atoms with van der Waals surface area (Å²) in [6.07, 6.45) is 2.72. The van der Waals surface area contributed by atoms with Gasteiger partial charge in [-0.15, -0.1) is 10.2 Å². The number of aromatic nitrogens is 2. The van der Waals surface area contributed by atoms with Crippen LogP contribution in [0.25, 0.3) is 0 Å². The molecule has 2 saturated heterocycles. The average Bonchev–Trinajstić information content (AvgIpc) is 2.76. The minimum atomic E-state index is -0.281. The number of halogens is 1. The Kier molecular flexibility index (Phi) is 5.92. The number of piperidine rings is 1. The fourth-order valence-electron chi connectivity index (χ4n) is 3.97. The molecular weight excluding hydrogens is 369 g/mol. The molecule has 29 heavy (non-hydrogen) atoms. The lowest BCUT2D eigenvalue weighted by Gasteiger charge is -2.35. The number of nitrogens with zero attached hydrogens (tertiary/aromatic N) is 5. The Hall–Kier alpha value is -2.70. The Morgan fingerprint density at radius 1 is 0.897 bits per heavy atom. The van der Waals surface area contributed by atoms with Gasteiger partial charge in [-0.05, 0) is 48.6 Å². The van der Waals surface area contributed by atoms with Crippen molar-refractivity contribution in [1.82, 2.24) is 15.1 Å². The summed E-state index contributed by atoms with van der Waals surface area (Å²) in [5.41, 5.74) is 0.840. The lowest BCUT2D eigenvalue weighted by molar-refractivity contribution is -0.130. The maximum absolute atomic E-state index is 13.0. The van der Waals surface area contributed by atoms with Crippen LogP contribution in [0.15, 0.2) is 36.4 Å². The monoisotopic (exact) mass is 397 g/mol. The number of carbonyl (C=O) groups excluding carboxylic acids is 1. The van der Waals surface area contributed by atoms with Crippen LogP contribution < -0.4 is 9.80 Å². The van der Waals surface area contributed by atoms with Crippen LogP contribution in [0.1, 0.15) is 25.3 Å². The van der Waals surface area contributed by atoms with E-state index in [-0.39, 0.29) is 11.7 Å². The predicted octanol–water partition coefficient (Wildman–Crippen LogP) is 2.74. The molecule has 0 radical (unpaired) electrons. The molecule has 1 aromatic carbocycles. The molecule has 1 aromatic heterocycles.